The molecular weight excluding hydrogens is 210 g/mol. The fourth-order valence-electron chi connectivity index (χ4n) is 1.25. The molecule has 4 N–H and O–H groups in total. The van der Waals surface area contributed by atoms with E-state index in [1.165, 1.54) is 0 Å². The van der Waals surface area contributed by atoms with Crippen LogP contribution in [0.5, 0.6) is 0 Å². The van der Waals surface area contributed by atoms with Gasteiger partial charge in [0.15, 0.2) is 5.11 Å². The minimum absolute atomic E-state index is 0.143. The fraction of sp³-hybridized carbons (Fsp3) is 0. The Hall–Kier alpha value is -1.95. The third-order valence-corrected chi connectivity index (χ3v) is 1.95. The molecule has 2 aromatic heterocycles. The molecule has 5 nitrogen and oxygen atoms in total. The number of hydrogen-bond donors (Lipinski definition) is 3. The first kappa shape index (κ1) is 9.60. The SMILES string of the molecule is NC(=S)NN=Cc1c[nH]c2ncccc12. The number of fused-ring (bicyclic) bond motifs is 1. The van der Waals surface area contributed by atoms with Crippen LogP contribution in [-0.4, -0.2) is 21.3 Å². The smallest absolute Gasteiger partial charge is 0.184 e. The second-order valence-corrected chi connectivity index (χ2v) is 3.32. The summed E-state index contributed by atoms with van der Waals surface area (Å²) in [4.78, 5) is 7.19. The van der Waals surface area contributed by atoms with Crippen LogP contribution in [0.1, 0.15) is 5.56 Å². The second-order valence-electron chi connectivity index (χ2n) is 2.88. The van der Waals surface area contributed by atoms with Gasteiger partial charge in [0.2, 0.25) is 0 Å². The quantitative estimate of drug-likeness (QED) is 0.395. The van der Waals surface area contributed by atoms with Crippen molar-refractivity contribution in [3.8, 4) is 0 Å². The van der Waals surface area contributed by atoms with Crippen LogP contribution in [0.15, 0.2) is 29.6 Å². The Morgan fingerprint density at radius 3 is 3.33 bits per heavy atom. The van der Waals surface area contributed by atoms with Crippen molar-refractivity contribution in [3.05, 3.63) is 30.1 Å². The van der Waals surface area contributed by atoms with Crippen molar-refractivity contribution in [1.29, 1.82) is 0 Å². The summed E-state index contributed by atoms with van der Waals surface area (Å²) in [5, 5.41) is 5.02. The van der Waals surface area contributed by atoms with Gasteiger partial charge in [-0.25, -0.2) is 4.98 Å². The number of thiocarbonyl (C=S) groups is 1. The number of nitrogens with one attached hydrogen (secondary N) is 2. The molecule has 0 aliphatic rings. The molecule has 0 radical (unpaired) electrons. The minimum atomic E-state index is 0.143. The lowest BCUT2D eigenvalue weighted by Crippen LogP contribution is -2.23. The zero-order valence-corrected chi connectivity index (χ0v) is 8.58. The van der Waals surface area contributed by atoms with Crippen LogP contribution in [0.4, 0.5) is 0 Å². The van der Waals surface area contributed by atoms with Crippen molar-refractivity contribution in [2.24, 2.45) is 10.8 Å². The molecule has 0 aromatic carbocycles. The molecule has 0 bridgehead atoms. The van der Waals surface area contributed by atoms with Gasteiger partial charge in [0.1, 0.15) is 5.65 Å². The maximum atomic E-state index is 5.23. The number of hydrazone groups is 1. The maximum Gasteiger partial charge on any atom is 0.184 e. The van der Waals surface area contributed by atoms with Gasteiger partial charge in [-0.05, 0) is 24.4 Å². The lowest BCUT2D eigenvalue weighted by molar-refractivity contribution is 1.04. The van der Waals surface area contributed by atoms with E-state index in [-0.39, 0.29) is 5.11 Å². The number of nitrogens with two attached hydrogens (primary N) is 1. The normalized spacial score (nSPS) is 10.9. The molecule has 0 fully saturated rings. The first-order chi connectivity index (χ1) is 7.27. The highest BCUT2D eigenvalue weighted by Crippen LogP contribution is 2.12. The highest BCUT2D eigenvalue weighted by Gasteiger charge is 2.00. The maximum absolute atomic E-state index is 5.23. The van der Waals surface area contributed by atoms with Gasteiger partial charge in [0.05, 0.1) is 6.21 Å². The van der Waals surface area contributed by atoms with Gasteiger partial charge in [-0.1, -0.05) is 0 Å². The molecule has 0 spiro atoms. The van der Waals surface area contributed by atoms with Crippen LogP contribution in [-0.2, 0) is 0 Å². The number of nitrogens with zero attached hydrogens (tertiary/aromatic N) is 2. The Balaban J connectivity index is 2.28. The molecule has 2 rings (SSSR count). The highest BCUT2D eigenvalue weighted by molar-refractivity contribution is 7.80. The van der Waals surface area contributed by atoms with E-state index >= 15 is 0 Å². The highest BCUT2D eigenvalue weighted by atomic mass is 32.1. The van der Waals surface area contributed by atoms with Gasteiger partial charge in [0, 0.05) is 23.3 Å². The van der Waals surface area contributed by atoms with E-state index in [4.69, 9.17) is 5.73 Å². The van der Waals surface area contributed by atoms with E-state index in [2.05, 4.69) is 32.7 Å². The molecule has 0 unspecified atom stereocenters. The van der Waals surface area contributed by atoms with Crippen molar-refractivity contribution in [2.75, 3.05) is 0 Å². The van der Waals surface area contributed by atoms with Gasteiger partial charge in [-0.3, -0.25) is 5.43 Å². The lowest BCUT2D eigenvalue weighted by Gasteiger charge is -1.93. The van der Waals surface area contributed by atoms with Crippen LogP contribution in [0.2, 0.25) is 0 Å². The molecule has 6 heteroatoms. The molecule has 0 saturated heterocycles. The van der Waals surface area contributed by atoms with Gasteiger partial charge >= 0.3 is 0 Å². The van der Waals surface area contributed by atoms with Gasteiger partial charge in [-0.15, -0.1) is 0 Å². The topological polar surface area (TPSA) is 79.1 Å². The number of H-pyrrole nitrogens is 1. The van der Waals surface area contributed by atoms with E-state index in [1.54, 1.807) is 12.4 Å². The standard InChI is InChI=1S/C9H9N5S/c10-9(15)14-13-5-6-4-12-8-7(6)2-1-3-11-8/h1-5H,(H,11,12)(H3,10,14,15). The summed E-state index contributed by atoms with van der Waals surface area (Å²) < 4.78 is 0. The van der Waals surface area contributed by atoms with E-state index in [9.17, 15) is 0 Å². The summed E-state index contributed by atoms with van der Waals surface area (Å²) in [6.07, 6.45) is 5.19. The van der Waals surface area contributed by atoms with Gasteiger partial charge in [0.25, 0.3) is 0 Å². The van der Waals surface area contributed by atoms with Crippen molar-refractivity contribution in [3.63, 3.8) is 0 Å². The molecule has 0 saturated carbocycles. The summed E-state index contributed by atoms with van der Waals surface area (Å²) in [5.41, 5.74) is 9.48. The Kier molecular flexibility index (Phi) is 2.59. The van der Waals surface area contributed by atoms with Crippen LogP contribution < -0.4 is 11.2 Å². The molecule has 0 atom stereocenters. The van der Waals surface area contributed by atoms with Crippen molar-refractivity contribution >= 4 is 34.6 Å². The summed E-state index contributed by atoms with van der Waals surface area (Å²) in [7, 11) is 0. The van der Waals surface area contributed by atoms with E-state index in [1.807, 2.05) is 18.3 Å². The van der Waals surface area contributed by atoms with Crippen LogP contribution in [0.3, 0.4) is 0 Å². The molecule has 2 heterocycles. The minimum Gasteiger partial charge on any atom is -0.375 e. The van der Waals surface area contributed by atoms with Gasteiger partial charge in [-0.2, -0.15) is 5.10 Å². The molecule has 2 aromatic rings. The third-order valence-electron chi connectivity index (χ3n) is 1.86. The Morgan fingerprint density at radius 1 is 1.67 bits per heavy atom. The van der Waals surface area contributed by atoms with E-state index in [0.717, 1.165) is 16.6 Å². The molecule has 76 valence electrons. The third kappa shape index (κ3) is 2.10. The summed E-state index contributed by atoms with van der Waals surface area (Å²) >= 11 is 4.62. The molecule has 0 amide bonds. The number of aromatic amines is 1. The summed E-state index contributed by atoms with van der Waals surface area (Å²) in [5.74, 6) is 0. The van der Waals surface area contributed by atoms with Crippen LogP contribution >= 0.6 is 12.2 Å². The average Bonchev–Trinajstić information content (AvgIpc) is 2.62. The zero-order chi connectivity index (χ0) is 10.7. The van der Waals surface area contributed by atoms with Crippen molar-refractivity contribution in [2.45, 2.75) is 0 Å². The monoisotopic (exact) mass is 219 g/mol. The Morgan fingerprint density at radius 2 is 2.53 bits per heavy atom. The average molecular weight is 219 g/mol. The Bertz CT molecular complexity index is 516. The fourth-order valence-corrected chi connectivity index (χ4v) is 1.30. The second kappa shape index (κ2) is 4.05. The van der Waals surface area contributed by atoms with E-state index in [0.29, 0.717) is 0 Å². The molecular formula is C9H9N5S. The van der Waals surface area contributed by atoms with Gasteiger partial charge < -0.3 is 10.7 Å². The number of hydrogen-bond acceptors (Lipinski definition) is 3. The number of pyridine rings is 1. The number of aromatic nitrogens is 2. The molecule has 0 aliphatic carbocycles. The lowest BCUT2D eigenvalue weighted by atomic mass is 10.2. The largest absolute Gasteiger partial charge is 0.375 e. The van der Waals surface area contributed by atoms with E-state index < -0.39 is 0 Å². The van der Waals surface area contributed by atoms with Crippen molar-refractivity contribution in [1.82, 2.24) is 15.4 Å². The number of rotatable bonds is 2. The van der Waals surface area contributed by atoms with Crippen LogP contribution in [0, 0.1) is 0 Å². The predicted octanol–water partition coefficient (Wildman–Crippen LogP) is 0.730. The first-order valence-corrected chi connectivity index (χ1v) is 4.69. The predicted molar refractivity (Wildman–Crippen MR) is 63.6 cm³/mol. The zero-order valence-electron chi connectivity index (χ0n) is 7.77. The summed E-state index contributed by atoms with van der Waals surface area (Å²) in [6.45, 7) is 0. The van der Waals surface area contributed by atoms with Crippen molar-refractivity contribution < 1.29 is 0 Å². The Labute approximate surface area is 91.4 Å². The first-order valence-electron chi connectivity index (χ1n) is 4.28. The van der Waals surface area contributed by atoms with Crippen LogP contribution in [0.25, 0.3) is 11.0 Å². The molecule has 0 aliphatic heterocycles. The molecule has 15 heavy (non-hydrogen) atoms. The summed E-state index contributed by atoms with van der Waals surface area (Å²) in [6, 6.07) is 3.83.